The highest BCUT2D eigenvalue weighted by atomic mass is 127. The molecule has 0 bridgehead atoms. The number of nitrogens with one attached hydrogen (secondary N) is 2. The molecule has 2 rings (SSSR count). The van der Waals surface area contributed by atoms with Crippen LogP contribution in [-0.2, 0) is 6.54 Å². The monoisotopic (exact) mass is 484 g/mol. The van der Waals surface area contributed by atoms with E-state index in [1.807, 2.05) is 39.2 Å². The second-order valence-corrected chi connectivity index (χ2v) is 5.95. The standard InChI is InChI=1S/C20H28N4O2.HI/c1-6-21-20(22-14-15-8-7-9-17(12-15)24(2)3)23-16-10-11-18(25-4)19(13-16)26-5;/h7-13H,6,14H2,1-5H3,(H2,21,22,23);1H. The molecule has 0 aliphatic rings. The summed E-state index contributed by atoms with van der Waals surface area (Å²) in [5.41, 5.74) is 3.20. The predicted molar refractivity (Wildman–Crippen MR) is 124 cm³/mol. The number of hydrogen-bond donors (Lipinski definition) is 2. The summed E-state index contributed by atoms with van der Waals surface area (Å²) in [6.45, 7) is 3.40. The normalized spacial score (nSPS) is 10.6. The van der Waals surface area contributed by atoms with Crippen LogP contribution in [0.2, 0.25) is 0 Å². The molecule has 0 spiro atoms. The van der Waals surface area contributed by atoms with Crippen LogP contribution in [0.1, 0.15) is 12.5 Å². The average molecular weight is 484 g/mol. The van der Waals surface area contributed by atoms with Gasteiger partial charge in [0.1, 0.15) is 0 Å². The predicted octanol–water partition coefficient (Wildman–Crippen LogP) is 3.97. The van der Waals surface area contributed by atoms with Crippen molar-refractivity contribution in [3.63, 3.8) is 0 Å². The second kappa shape index (κ2) is 11.5. The first-order chi connectivity index (χ1) is 12.6. The van der Waals surface area contributed by atoms with Gasteiger partial charge in [0, 0.05) is 38.1 Å². The Balaban J connectivity index is 0.00000364. The van der Waals surface area contributed by atoms with E-state index in [2.05, 4.69) is 44.8 Å². The molecule has 0 aromatic heterocycles. The van der Waals surface area contributed by atoms with E-state index in [1.54, 1.807) is 14.2 Å². The second-order valence-electron chi connectivity index (χ2n) is 5.95. The summed E-state index contributed by atoms with van der Waals surface area (Å²) in [5.74, 6) is 2.09. The van der Waals surface area contributed by atoms with Crippen molar-refractivity contribution in [2.45, 2.75) is 13.5 Å². The van der Waals surface area contributed by atoms with Crippen LogP contribution in [0.4, 0.5) is 11.4 Å². The van der Waals surface area contributed by atoms with E-state index < -0.39 is 0 Å². The molecule has 7 heteroatoms. The first kappa shape index (κ1) is 22.9. The van der Waals surface area contributed by atoms with E-state index in [9.17, 15) is 0 Å². The summed E-state index contributed by atoms with van der Waals surface area (Å²) in [7, 11) is 7.31. The Kier molecular flexibility index (Phi) is 9.77. The average Bonchev–Trinajstić information content (AvgIpc) is 2.66. The zero-order valence-electron chi connectivity index (χ0n) is 16.6. The van der Waals surface area contributed by atoms with Crippen molar-refractivity contribution in [3.05, 3.63) is 48.0 Å². The van der Waals surface area contributed by atoms with E-state index in [1.165, 1.54) is 0 Å². The maximum absolute atomic E-state index is 5.35. The largest absolute Gasteiger partial charge is 0.493 e. The van der Waals surface area contributed by atoms with Gasteiger partial charge in [0.25, 0.3) is 0 Å². The minimum absolute atomic E-state index is 0. The molecule has 0 unspecified atom stereocenters. The van der Waals surface area contributed by atoms with Crippen LogP contribution in [0.3, 0.4) is 0 Å². The third-order valence-corrected chi connectivity index (χ3v) is 3.84. The quantitative estimate of drug-likeness (QED) is 0.354. The molecule has 0 atom stereocenters. The van der Waals surface area contributed by atoms with E-state index >= 15 is 0 Å². The maximum Gasteiger partial charge on any atom is 0.196 e. The summed E-state index contributed by atoms with van der Waals surface area (Å²) >= 11 is 0. The van der Waals surface area contributed by atoms with Crippen LogP contribution in [0.5, 0.6) is 11.5 Å². The lowest BCUT2D eigenvalue weighted by Gasteiger charge is -2.15. The Hall–Kier alpha value is -2.16. The van der Waals surface area contributed by atoms with Gasteiger partial charge in [-0.05, 0) is 36.8 Å². The van der Waals surface area contributed by atoms with Crippen LogP contribution in [0, 0.1) is 0 Å². The molecule has 148 valence electrons. The fourth-order valence-corrected chi connectivity index (χ4v) is 2.46. The third kappa shape index (κ3) is 6.82. The highest BCUT2D eigenvalue weighted by Crippen LogP contribution is 2.29. The molecular weight excluding hydrogens is 455 g/mol. The molecule has 2 aromatic carbocycles. The van der Waals surface area contributed by atoms with Crippen molar-refractivity contribution in [2.24, 2.45) is 4.99 Å². The Morgan fingerprint density at radius 2 is 1.78 bits per heavy atom. The van der Waals surface area contributed by atoms with Crippen LogP contribution in [0.15, 0.2) is 47.5 Å². The van der Waals surface area contributed by atoms with Gasteiger partial charge in [-0.15, -0.1) is 24.0 Å². The van der Waals surface area contributed by atoms with Gasteiger partial charge in [0.15, 0.2) is 17.5 Å². The number of hydrogen-bond acceptors (Lipinski definition) is 4. The SMILES string of the molecule is CCNC(=NCc1cccc(N(C)C)c1)Nc1ccc(OC)c(OC)c1.I. The molecule has 2 aromatic rings. The first-order valence-electron chi connectivity index (χ1n) is 8.61. The number of anilines is 2. The first-order valence-corrected chi connectivity index (χ1v) is 8.61. The van der Waals surface area contributed by atoms with Gasteiger partial charge < -0.3 is 25.0 Å². The number of methoxy groups -OCH3 is 2. The zero-order chi connectivity index (χ0) is 18.9. The van der Waals surface area contributed by atoms with Crippen molar-refractivity contribution in [1.82, 2.24) is 5.32 Å². The van der Waals surface area contributed by atoms with Crippen molar-refractivity contribution >= 4 is 41.3 Å². The van der Waals surface area contributed by atoms with Gasteiger partial charge in [-0.3, -0.25) is 0 Å². The van der Waals surface area contributed by atoms with Gasteiger partial charge >= 0.3 is 0 Å². The van der Waals surface area contributed by atoms with E-state index in [-0.39, 0.29) is 24.0 Å². The molecule has 0 heterocycles. The van der Waals surface area contributed by atoms with Gasteiger partial charge in [-0.25, -0.2) is 4.99 Å². The molecule has 27 heavy (non-hydrogen) atoms. The summed E-state index contributed by atoms with van der Waals surface area (Å²) in [5, 5.41) is 6.57. The lowest BCUT2D eigenvalue weighted by atomic mass is 10.2. The van der Waals surface area contributed by atoms with Crippen molar-refractivity contribution in [3.8, 4) is 11.5 Å². The number of halogens is 1. The van der Waals surface area contributed by atoms with Crippen LogP contribution < -0.4 is 25.0 Å². The molecule has 2 N–H and O–H groups in total. The Morgan fingerprint density at radius 3 is 2.41 bits per heavy atom. The number of rotatable bonds is 7. The van der Waals surface area contributed by atoms with Gasteiger partial charge in [0.2, 0.25) is 0 Å². The lowest BCUT2D eigenvalue weighted by molar-refractivity contribution is 0.355. The number of ether oxygens (including phenoxy) is 2. The number of benzene rings is 2. The number of nitrogens with zero attached hydrogens (tertiary/aromatic N) is 2. The summed E-state index contributed by atoms with van der Waals surface area (Å²) in [6.07, 6.45) is 0. The molecule has 6 nitrogen and oxygen atoms in total. The summed E-state index contributed by atoms with van der Waals surface area (Å²) in [6, 6.07) is 14.0. The minimum atomic E-state index is 0. The maximum atomic E-state index is 5.35. The minimum Gasteiger partial charge on any atom is -0.493 e. The molecule has 0 radical (unpaired) electrons. The molecule has 0 aliphatic heterocycles. The van der Waals surface area contributed by atoms with Crippen LogP contribution >= 0.6 is 24.0 Å². The topological polar surface area (TPSA) is 58.1 Å². The van der Waals surface area contributed by atoms with Gasteiger partial charge in [0.05, 0.1) is 20.8 Å². The highest BCUT2D eigenvalue weighted by Gasteiger charge is 2.06. The zero-order valence-corrected chi connectivity index (χ0v) is 18.9. The highest BCUT2D eigenvalue weighted by molar-refractivity contribution is 14.0. The molecule has 0 saturated heterocycles. The Labute approximate surface area is 179 Å². The fraction of sp³-hybridized carbons (Fsp3) is 0.350. The van der Waals surface area contributed by atoms with Crippen LogP contribution in [0.25, 0.3) is 0 Å². The van der Waals surface area contributed by atoms with E-state index in [0.29, 0.717) is 18.0 Å². The van der Waals surface area contributed by atoms with Gasteiger partial charge in [-0.1, -0.05) is 12.1 Å². The number of aliphatic imine (C=N–C) groups is 1. The van der Waals surface area contributed by atoms with E-state index in [0.717, 1.165) is 29.4 Å². The Morgan fingerprint density at radius 1 is 1.04 bits per heavy atom. The molecule has 0 saturated carbocycles. The summed E-state index contributed by atoms with van der Waals surface area (Å²) < 4.78 is 10.6. The van der Waals surface area contributed by atoms with Crippen molar-refractivity contribution in [2.75, 3.05) is 45.1 Å². The molecule has 0 amide bonds. The van der Waals surface area contributed by atoms with Gasteiger partial charge in [-0.2, -0.15) is 0 Å². The molecule has 0 aliphatic carbocycles. The van der Waals surface area contributed by atoms with E-state index in [4.69, 9.17) is 9.47 Å². The lowest BCUT2D eigenvalue weighted by Crippen LogP contribution is -2.30. The van der Waals surface area contributed by atoms with Crippen molar-refractivity contribution in [1.29, 1.82) is 0 Å². The smallest absolute Gasteiger partial charge is 0.196 e. The molecular formula is C20H29IN4O2. The van der Waals surface area contributed by atoms with Crippen molar-refractivity contribution < 1.29 is 9.47 Å². The fourth-order valence-electron chi connectivity index (χ4n) is 2.46. The third-order valence-electron chi connectivity index (χ3n) is 3.84. The molecule has 0 fully saturated rings. The number of guanidine groups is 1. The Bertz CT molecular complexity index is 751. The summed E-state index contributed by atoms with van der Waals surface area (Å²) in [4.78, 5) is 6.76. The van der Waals surface area contributed by atoms with Crippen LogP contribution in [-0.4, -0.2) is 40.8 Å².